The van der Waals surface area contributed by atoms with Gasteiger partial charge in [0.05, 0.1) is 40.3 Å². The summed E-state index contributed by atoms with van der Waals surface area (Å²) < 4.78 is 22.7. The van der Waals surface area contributed by atoms with E-state index in [1.54, 1.807) is 0 Å². The lowest BCUT2D eigenvalue weighted by atomic mass is 10.0. The quantitative estimate of drug-likeness (QED) is 0.0195. The number of esters is 2. The third-order valence-corrected chi connectivity index (χ3v) is 14.3. The van der Waals surface area contributed by atoms with Crippen LogP contribution in [0.4, 0.5) is 0 Å². The number of rotatable bonds is 60. The molecule has 0 aromatic rings. The average Bonchev–Trinajstić information content (AvgIpc) is 3.40. The SMILES string of the molecule is CC/C=C\C/C=C\C/C=C\C/C=C\C/C=C\CCCCCCCC(=O)OC(COC(=O)CCCCCCCCCCCCCCCCCCCCCCCCCCCCCCCCC)COC(OCC[N+](C)(C)C)C(=O)[O-]. The Labute approximate surface area is 475 Å². The Morgan fingerprint density at radius 1 is 0.403 bits per heavy atom. The van der Waals surface area contributed by atoms with Crippen molar-refractivity contribution in [3.63, 3.8) is 0 Å². The average molecular weight is 1080 g/mol. The minimum Gasteiger partial charge on any atom is -0.545 e. The van der Waals surface area contributed by atoms with Gasteiger partial charge in [-0.2, -0.15) is 0 Å². The second kappa shape index (κ2) is 59.1. The molecule has 0 heterocycles. The van der Waals surface area contributed by atoms with Crippen LogP contribution >= 0.6 is 0 Å². The number of unbranched alkanes of at least 4 members (excludes halogenated alkanes) is 35. The van der Waals surface area contributed by atoms with Crippen LogP contribution < -0.4 is 5.11 Å². The second-order valence-electron chi connectivity index (χ2n) is 23.0. The predicted octanol–water partition coefficient (Wildman–Crippen LogP) is 18.2. The summed E-state index contributed by atoms with van der Waals surface area (Å²) in [6, 6.07) is 0. The number of carboxylic acid groups (broad SMARTS) is 1. The van der Waals surface area contributed by atoms with E-state index in [4.69, 9.17) is 18.9 Å². The predicted molar refractivity (Wildman–Crippen MR) is 325 cm³/mol. The van der Waals surface area contributed by atoms with E-state index in [9.17, 15) is 19.5 Å². The van der Waals surface area contributed by atoms with E-state index in [1.807, 2.05) is 21.1 Å². The summed E-state index contributed by atoms with van der Waals surface area (Å²) in [7, 11) is 5.92. The number of ether oxygens (including phenoxy) is 4. The summed E-state index contributed by atoms with van der Waals surface area (Å²) in [6.45, 7) is 4.65. The van der Waals surface area contributed by atoms with E-state index < -0.39 is 24.3 Å². The molecule has 9 nitrogen and oxygen atoms in total. The number of hydrogen-bond donors (Lipinski definition) is 0. The zero-order chi connectivity index (χ0) is 56.2. The molecule has 0 radical (unpaired) electrons. The van der Waals surface area contributed by atoms with Crippen LogP contribution in [0.1, 0.15) is 296 Å². The van der Waals surface area contributed by atoms with Crippen molar-refractivity contribution in [3.05, 3.63) is 60.8 Å². The third kappa shape index (κ3) is 60.5. The molecule has 0 bridgehead atoms. The van der Waals surface area contributed by atoms with Crippen LogP contribution in [-0.2, 0) is 33.3 Å². The zero-order valence-electron chi connectivity index (χ0n) is 51.1. The minimum atomic E-state index is -1.63. The van der Waals surface area contributed by atoms with Crippen LogP contribution in [0, 0.1) is 0 Å². The molecule has 2 unspecified atom stereocenters. The fraction of sp³-hybridized carbons (Fsp3) is 0.809. The highest BCUT2D eigenvalue weighted by Gasteiger charge is 2.22. The number of carbonyl (C=O) groups excluding carboxylic acids is 3. The van der Waals surface area contributed by atoms with Crippen LogP contribution in [0.15, 0.2) is 60.8 Å². The number of carboxylic acids is 1. The number of carbonyl (C=O) groups is 3. The van der Waals surface area contributed by atoms with Gasteiger partial charge < -0.3 is 33.3 Å². The van der Waals surface area contributed by atoms with Crippen molar-refractivity contribution < 1.29 is 42.9 Å². The van der Waals surface area contributed by atoms with Gasteiger partial charge in [-0.1, -0.05) is 286 Å². The molecule has 0 aliphatic carbocycles. The standard InChI is InChI=1S/C68H123NO8/c1-6-8-10-12-14-16-18-20-22-24-26-28-29-30-31-32-33-34-35-36-37-39-40-42-44-46-48-50-52-54-56-58-65(70)75-62-64(63-76-68(67(72)73)74-61-60-69(3,4)5)77-66(71)59-57-55-53-51-49-47-45-43-41-38-27-25-23-21-19-17-15-13-11-9-7-2/h9,11,15,17,21,23,27,38,43,45,64,68H,6-8,10,12-14,16,18-20,22,24-26,28-37,39-42,44,46-63H2,1-5H3/b11-9-,17-15-,23-21-,38-27-,45-43-. The van der Waals surface area contributed by atoms with E-state index in [0.29, 0.717) is 17.4 Å². The van der Waals surface area contributed by atoms with Gasteiger partial charge in [-0.3, -0.25) is 9.59 Å². The fourth-order valence-electron chi connectivity index (χ4n) is 9.33. The largest absolute Gasteiger partial charge is 0.545 e. The Balaban J connectivity index is 4.12. The first kappa shape index (κ1) is 74.0. The smallest absolute Gasteiger partial charge is 0.306 e. The van der Waals surface area contributed by atoms with Crippen LogP contribution in [0.5, 0.6) is 0 Å². The lowest BCUT2D eigenvalue weighted by Gasteiger charge is -2.26. The molecule has 0 aliphatic heterocycles. The molecular formula is C68H123NO8. The van der Waals surface area contributed by atoms with E-state index in [-0.39, 0.29) is 38.6 Å². The number of likely N-dealkylation sites (N-methyl/N-ethyl adjacent to an activating group) is 1. The van der Waals surface area contributed by atoms with Gasteiger partial charge in [0.2, 0.25) is 0 Å². The Bertz CT molecular complexity index is 1450. The summed E-state index contributed by atoms with van der Waals surface area (Å²) in [5.41, 5.74) is 0. The maximum absolute atomic E-state index is 12.9. The van der Waals surface area contributed by atoms with Gasteiger partial charge in [0, 0.05) is 12.8 Å². The van der Waals surface area contributed by atoms with Crippen molar-refractivity contribution in [2.75, 3.05) is 47.5 Å². The molecule has 77 heavy (non-hydrogen) atoms. The lowest BCUT2D eigenvalue weighted by molar-refractivity contribution is -0.870. The van der Waals surface area contributed by atoms with Crippen molar-refractivity contribution in [1.29, 1.82) is 0 Å². The number of hydrogen-bond acceptors (Lipinski definition) is 8. The second-order valence-corrected chi connectivity index (χ2v) is 23.0. The molecule has 0 aromatic carbocycles. The third-order valence-electron chi connectivity index (χ3n) is 14.3. The van der Waals surface area contributed by atoms with Crippen LogP contribution in [0.25, 0.3) is 0 Å². The van der Waals surface area contributed by atoms with Gasteiger partial charge in [-0.15, -0.1) is 0 Å². The van der Waals surface area contributed by atoms with Crippen LogP contribution in [0.2, 0.25) is 0 Å². The summed E-state index contributed by atoms with van der Waals surface area (Å²) >= 11 is 0. The molecule has 9 heteroatoms. The highest BCUT2D eigenvalue weighted by Crippen LogP contribution is 2.18. The first-order valence-electron chi connectivity index (χ1n) is 32.4. The van der Waals surface area contributed by atoms with E-state index in [1.165, 1.54) is 180 Å². The molecule has 0 rings (SSSR count). The molecule has 0 N–H and O–H groups in total. The number of aliphatic carboxylic acids is 1. The first-order valence-corrected chi connectivity index (χ1v) is 32.4. The van der Waals surface area contributed by atoms with Gasteiger partial charge in [0.15, 0.2) is 12.4 Å². The van der Waals surface area contributed by atoms with Crippen LogP contribution in [-0.4, -0.2) is 82.3 Å². The van der Waals surface area contributed by atoms with E-state index in [0.717, 1.165) is 83.5 Å². The molecule has 0 saturated carbocycles. The Kier molecular flexibility index (Phi) is 56.8. The van der Waals surface area contributed by atoms with Crippen molar-refractivity contribution in [2.45, 2.75) is 309 Å². The van der Waals surface area contributed by atoms with Crippen molar-refractivity contribution >= 4 is 17.9 Å². The molecule has 0 aliphatic rings. The van der Waals surface area contributed by atoms with Gasteiger partial charge in [0.1, 0.15) is 13.2 Å². The van der Waals surface area contributed by atoms with Crippen molar-refractivity contribution in [1.82, 2.24) is 0 Å². The summed E-state index contributed by atoms with van der Waals surface area (Å²) in [6.07, 6.45) is 73.0. The van der Waals surface area contributed by atoms with Crippen molar-refractivity contribution in [2.24, 2.45) is 0 Å². The van der Waals surface area contributed by atoms with E-state index in [2.05, 4.69) is 74.6 Å². The highest BCUT2D eigenvalue weighted by molar-refractivity contribution is 5.70. The van der Waals surface area contributed by atoms with Gasteiger partial charge >= 0.3 is 11.9 Å². The first-order chi connectivity index (χ1) is 37.6. The summed E-state index contributed by atoms with van der Waals surface area (Å²) in [4.78, 5) is 37.4. The molecule has 448 valence electrons. The summed E-state index contributed by atoms with van der Waals surface area (Å²) in [5.74, 6) is -2.30. The van der Waals surface area contributed by atoms with Gasteiger partial charge in [-0.05, 0) is 57.8 Å². The highest BCUT2D eigenvalue weighted by atomic mass is 16.7. The Morgan fingerprint density at radius 3 is 1.10 bits per heavy atom. The maximum atomic E-state index is 12.9. The Hall–Kier alpha value is -3.01. The zero-order valence-corrected chi connectivity index (χ0v) is 51.1. The number of quaternary nitrogens is 1. The number of nitrogens with zero attached hydrogens (tertiary/aromatic N) is 1. The lowest BCUT2D eigenvalue weighted by Crippen LogP contribution is -2.44. The Morgan fingerprint density at radius 2 is 0.740 bits per heavy atom. The van der Waals surface area contributed by atoms with Crippen LogP contribution in [0.3, 0.4) is 0 Å². The normalized spacial score (nSPS) is 13.1. The van der Waals surface area contributed by atoms with Gasteiger partial charge in [-0.25, -0.2) is 0 Å². The molecule has 2 atom stereocenters. The molecular weight excluding hydrogens is 959 g/mol. The van der Waals surface area contributed by atoms with Crippen molar-refractivity contribution in [3.8, 4) is 0 Å². The minimum absolute atomic E-state index is 0.142. The molecule has 0 amide bonds. The molecule has 0 aromatic heterocycles. The fourth-order valence-corrected chi connectivity index (χ4v) is 9.33. The van der Waals surface area contributed by atoms with E-state index >= 15 is 0 Å². The maximum Gasteiger partial charge on any atom is 0.306 e. The summed E-state index contributed by atoms with van der Waals surface area (Å²) in [5, 5.41) is 11.8. The molecule has 0 fully saturated rings. The molecule has 0 spiro atoms. The van der Waals surface area contributed by atoms with Gasteiger partial charge in [0.25, 0.3) is 0 Å². The molecule has 0 saturated heterocycles. The topological polar surface area (TPSA) is 111 Å². The monoisotopic (exact) mass is 1080 g/mol. The number of allylic oxidation sites excluding steroid dienone is 10.